The fourth-order valence-electron chi connectivity index (χ4n) is 5.93. The molecule has 3 aromatic rings. The number of halogens is 1. The van der Waals surface area contributed by atoms with Crippen LogP contribution < -0.4 is 9.64 Å². The second-order valence-corrected chi connectivity index (χ2v) is 10.2. The van der Waals surface area contributed by atoms with Gasteiger partial charge in [-0.15, -0.1) is 0 Å². The number of aliphatic hydroxyl groups excluding tert-OH is 1. The zero-order valence-corrected chi connectivity index (χ0v) is 19.7. The van der Waals surface area contributed by atoms with Crippen LogP contribution >= 0.6 is 11.6 Å². The third-order valence-corrected chi connectivity index (χ3v) is 8.02. The van der Waals surface area contributed by atoms with Crippen molar-refractivity contribution < 1.29 is 9.84 Å². The van der Waals surface area contributed by atoms with Crippen molar-refractivity contribution in [3.8, 4) is 16.9 Å². The standard InChI is InChI=1S/C26H29ClN4O2/c1-3-21(32)31-14-26(15-31)8-9-30(13-26)20-11-17-5-4-10-33-25(17)23(24(20)27)22-16(2)6-7-19-18(22)12-28-29-19/h3,6-7,11-12,21,32H,1,4-5,8-10,13-15H2,2H3,(H,28,29). The summed E-state index contributed by atoms with van der Waals surface area (Å²) < 4.78 is 6.24. The first-order valence-electron chi connectivity index (χ1n) is 11.7. The molecule has 1 spiro atoms. The van der Waals surface area contributed by atoms with Crippen LogP contribution in [-0.4, -0.2) is 59.2 Å². The Morgan fingerprint density at radius 3 is 2.97 bits per heavy atom. The quantitative estimate of drug-likeness (QED) is 0.555. The van der Waals surface area contributed by atoms with Gasteiger partial charge >= 0.3 is 0 Å². The molecule has 0 saturated carbocycles. The highest BCUT2D eigenvalue weighted by atomic mass is 35.5. The summed E-state index contributed by atoms with van der Waals surface area (Å²) in [5, 5.41) is 19.3. The molecule has 172 valence electrons. The van der Waals surface area contributed by atoms with Gasteiger partial charge in [0.1, 0.15) is 12.0 Å². The lowest BCUT2D eigenvalue weighted by atomic mass is 9.79. The minimum absolute atomic E-state index is 0.209. The van der Waals surface area contributed by atoms with E-state index in [0.717, 1.165) is 89.5 Å². The first-order chi connectivity index (χ1) is 16.0. The summed E-state index contributed by atoms with van der Waals surface area (Å²) in [5.41, 5.74) is 6.78. The number of likely N-dealkylation sites (tertiary alicyclic amines) is 1. The Balaban J connectivity index is 1.43. The normalized spacial score (nSPS) is 20.5. The summed E-state index contributed by atoms with van der Waals surface area (Å²) in [6, 6.07) is 6.43. The van der Waals surface area contributed by atoms with Gasteiger partial charge in [-0.1, -0.05) is 24.2 Å². The minimum atomic E-state index is -0.556. The minimum Gasteiger partial charge on any atom is -0.493 e. The van der Waals surface area contributed by atoms with Crippen LogP contribution in [-0.2, 0) is 6.42 Å². The number of aromatic nitrogens is 2. The average molecular weight is 465 g/mol. The Morgan fingerprint density at radius 2 is 2.15 bits per heavy atom. The van der Waals surface area contributed by atoms with Gasteiger partial charge < -0.3 is 14.7 Å². The van der Waals surface area contributed by atoms with Gasteiger partial charge in [0.25, 0.3) is 0 Å². The van der Waals surface area contributed by atoms with E-state index in [-0.39, 0.29) is 5.41 Å². The first-order valence-corrected chi connectivity index (χ1v) is 12.1. The van der Waals surface area contributed by atoms with E-state index in [2.05, 4.69) is 51.7 Å². The topological polar surface area (TPSA) is 64.6 Å². The lowest BCUT2D eigenvalue weighted by molar-refractivity contribution is -0.0786. The van der Waals surface area contributed by atoms with E-state index < -0.39 is 6.23 Å². The zero-order chi connectivity index (χ0) is 22.7. The number of aliphatic hydroxyl groups is 1. The fraction of sp³-hybridized carbons (Fsp3) is 0.423. The molecule has 33 heavy (non-hydrogen) atoms. The highest BCUT2D eigenvalue weighted by Gasteiger charge is 2.49. The molecule has 0 aliphatic carbocycles. The van der Waals surface area contributed by atoms with Crippen LogP contribution in [0.2, 0.25) is 5.02 Å². The third-order valence-electron chi connectivity index (χ3n) is 7.63. The van der Waals surface area contributed by atoms with Crippen LogP contribution in [0, 0.1) is 12.3 Å². The number of nitrogens with zero attached hydrogens (tertiary/aromatic N) is 3. The number of hydrogen-bond donors (Lipinski definition) is 2. The van der Waals surface area contributed by atoms with Crippen molar-refractivity contribution in [1.29, 1.82) is 0 Å². The van der Waals surface area contributed by atoms with Crippen molar-refractivity contribution in [3.05, 3.63) is 53.2 Å². The summed E-state index contributed by atoms with van der Waals surface area (Å²) in [5.74, 6) is 0.921. The van der Waals surface area contributed by atoms with Gasteiger partial charge in [0.05, 0.1) is 29.0 Å². The van der Waals surface area contributed by atoms with Gasteiger partial charge in [-0.2, -0.15) is 5.10 Å². The van der Waals surface area contributed by atoms with Crippen molar-refractivity contribution in [2.45, 2.75) is 32.4 Å². The van der Waals surface area contributed by atoms with Crippen molar-refractivity contribution in [2.75, 3.05) is 37.7 Å². The first kappa shape index (κ1) is 21.0. The summed E-state index contributed by atoms with van der Waals surface area (Å²) in [6.45, 7) is 10.2. The molecule has 7 heteroatoms. The SMILES string of the molecule is C=CC(O)N1CC2(CCN(c3cc4c(c(-c5c(C)ccc6[nH]ncc56)c3Cl)OCCC4)C2)C1. The molecular formula is C26H29ClN4O2. The van der Waals surface area contributed by atoms with Gasteiger partial charge in [-0.3, -0.25) is 10.00 Å². The number of anilines is 1. The molecule has 1 unspecified atom stereocenters. The summed E-state index contributed by atoms with van der Waals surface area (Å²) in [6.07, 6.45) is 6.04. The maximum Gasteiger partial charge on any atom is 0.131 e. The molecule has 0 amide bonds. The molecule has 0 bridgehead atoms. The van der Waals surface area contributed by atoms with Gasteiger partial charge in [-0.05, 0) is 55.5 Å². The predicted molar refractivity (Wildman–Crippen MR) is 132 cm³/mol. The van der Waals surface area contributed by atoms with E-state index >= 15 is 0 Å². The molecule has 2 N–H and O–H groups in total. The number of nitrogens with one attached hydrogen (secondary N) is 1. The van der Waals surface area contributed by atoms with Gasteiger partial charge in [0.2, 0.25) is 0 Å². The van der Waals surface area contributed by atoms with Crippen molar-refractivity contribution >= 4 is 28.2 Å². The Morgan fingerprint density at radius 1 is 1.30 bits per heavy atom. The fourth-order valence-corrected chi connectivity index (χ4v) is 6.29. The largest absolute Gasteiger partial charge is 0.493 e. The van der Waals surface area contributed by atoms with Gasteiger partial charge in [0.15, 0.2) is 0 Å². The van der Waals surface area contributed by atoms with Crippen LogP contribution in [0.25, 0.3) is 22.0 Å². The molecule has 6 rings (SSSR count). The summed E-state index contributed by atoms with van der Waals surface area (Å²) in [4.78, 5) is 4.51. The Labute approximate surface area is 198 Å². The number of ether oxygens (including phenoxy) is 1. The van der Waals surface area contributed by atoms with Gasteiger partial charge in [0, 0.05) is 48.1 Å². The molecule has 2 aromatic carbocycles. The monoisotopic (exact) mass is 464 g/mol. The number of hydrogen-bond acceptors (Lipinski definition) is 5. The Hall–Kier alpha value is -2.54. The van der Waals surface area contributed by atoms with E-state index in [1.165, 1.54) is 5.56 Å². The van der Waals surface area contributed by atoms with Crippen molar-refractivity contribution in [2.24, 2.45) is 5.41 Å². The van der Waals surface area contributed by atoms with Crippen molar-refractivity contribution in [1.82, 2.24) is 15.1 Å². The molecule has 2 saturated heterocycles. The number of fused-ring (bicyclic) bond motifs is 2. The molecular weight excluding hydrogens is 436 g/mol. The van der Waals surface area contributed by atoms with E-state index in [0.29, 0.717) is 6.61 Å². The Bertz CT molecular complexity index is 1250. The van der Waals surface area contributed by atoms with Crippen LogP contribution in [0.5, 0.6) is 5.75 Å². The maximum absolute atomic E-state index is 10.1. The molecule has 0 radical (unpaired) electrons. The predicted octanol–water partition coefficient (Wildman–Crippen LogP) is 4.53. The third kappa shape index (κ3) is 3.27. The maximum atomic E-state index is 10.1. The second kappa shape index (κ2) is 7.76. The van der Waals surface area contributed by atoms with Crippen LogP contribution in [0.4, 0.5) is 5.69 Å². The second-order valence-electron chi connectivity index (χ2n) is 9.84. The molecule has 3 aliphatic heterocycles. The van der Waals surface area contributed by atoms with E-state index in [1.807, 2.05) is 6.20 Å². The lowest BCUT2D eigenvalue weighted by Gasteiger charge is -2.49. The number of aromatic amines is 1. The molecule has 4 heterocycles. The van der Waals surface area contributed by atoms with E-state index in [1.54, 1.807) is 6.08 Å². The number of aryl methyl sites for hydroxylation is 2. The van der Waals surface area contributed by atoms with E-state index in [4.69, 9.17) is 16.3 Å². The number of benzene rings is 2. The van der Waals surface area contributed by atoms with E-state index in [9.17, 15) is 5.11 Å². The average Bonchev–Trinajstić information content (AvgIpc) is 3.46. The molecule has 6 nitrogen and oxygen atoms in total. The molecule has 3 aliphatic rings. The van der Waals surface area contributed by atoms with Crippen LogP contribution in [0.1, 0.15) is 24.0 Å². The smallest absolute Gasteiger partial charge is 0.131 e. The van der Waals surface area contributed by atoms with Crippen LogP contribution in [0.3, 0.4) is 0 Å². The highest BCUT2D eigenvalue weighted by molar-refractivity contribution is 6.37. The number of H-pyrrole nitrogens is 1. The summed E-state index contributed by atoms with van der Waals surface area (Å²) >= 11 is 7.24. The zero-order valence-electron chi connectivity index (χ0n) is 18.9. The lowest BCUT2D eigenvalue weighted by Crippen LogP contribution is -2.60. The van der Waals surface area contributed by atoms with Crippen LogP contribution in [0.15, 0.2) is 37.1 Å². The van der Waals surface area contributed by atoms with Gasteiger partial charge in [-0.25, -0.2) is 0 Å². The highest BCUT2D eigenvalue weighted by Crippen LogP contribution is 2.51. The Kier molecular flexibility index (Phi) is 4.94. The molecule has 1 atom stereocenters. The summed E-state index contributed by atoms with van der Waals surface area (Å²) in [7, 11) is 0. The molecule has 2 fully saturated rings. The number of rotatable bonds is 4. The molecule has 1 aromatic heterocycles. The van der Waals surface area contributed by atoms with Crippen molar-refractivity contribution in [3.63, 3.8) is 0 Å².